The van der Waals surface area contributed by atoms with Crippen molar-refractivity contribution in [2.45, 2.75) is 79.1 Å². The predicted molar refractivity (Wildman–Crippen MR) is 119 cm³/mol. The SMILES string of the molecule is CC(C)[C@H](C)/C=C/[C@@H](C)[C@H]1CC[C@H]2[C@@H]3CCc4cc(O)ccc4[C@H]3CC[C@]12C. The second-order valence-electron chi connectivity index (χ2n) is 10.9. The fraction of sp³-hybridized carbons (Fsp3) is 0.704. The Morgan fingerprint density at radius 1 is 1.04 bits per heavy atom. The third-order valence-electron chi connectivity index (χ3n) is 9.19. The maximum absolute atomic E-state index is 9.89. The monoisotopic (exact) mass is 380 g/mol. The molecule has 0 radical (unpaired) electrons. The summed E-state index contributed by atoms with van der Waals surface area (Å²) in [4.78, 5) is 0. The Balaban J connectivity index is 1.53. The van der Waals surface area contributed by atoms with E-state index in [-0.39, 0.29) is 0 Å². The first kappa shape index (κ1) is 20.0. The van der Waals surface area contributed by atoms with Crippen LogP contribution in [0.4, 0.5) is 0 Å². The molecular formula is C27H40O. The van der Waals surface area contributed by atoms with E-state index in [4.69, 9.17) is 0 Å². The number of allylic oxidation sites excluding steroid dienone is 2. The molecule has 0 spiro atoms. The summed E-state index contributed by atoms with van der Waals surface area (Å²) in [5.41, 5.74) is 3.48. The second-order valence-corrected chi connectivity index (χ2v) is 10.9. The van der Waals surface area contributed by atoms with E-state index in [1.165, 1.54) is 37.7 Å². The molecule has 0 saturated heterocycles. The van der Waals surface area contributed by atoms with Gasteiger partial charge in [0.05, 0.1) is 0 Å². The van der Waals surface area contributed by atoms with Crippen LogP contribution >= 0.6 is 0 Å². The van der Waals surface area contributed by atoms with Gasteiger partial charge in [0.25, 0.3) is 0 Å². The second kappa shape index (κ2) is 7.54. The molecule has 0 aromatic heterocycles. The summed E-state index contributed by atoms with van der Waals surface area (Å²) in [6.07, 6.45) is 13.1. The first-order chi connectivity index (χ1) is 13.3. The number of benzene rings is 1. The smallest absolute Gasteiger partial charge is 0.115 e. The maximum Gasteiger partial charge on any atom is 0.115 e. The lowest BCUT2D eigenvalue weighted by Crippen LogP contribution is -2.43. The van der Waals surface area contributed by atoms with Gasteiger partial charge in [-0.05, 0) is 109 Å². The van der Waals surface area contributed by atoms with Crippen LogP contribution < -0.4 is 0 Å². The molecule has 3 aliphatic carbocycles. The van der Waals surface area contributed by atoms with Gasteiger partial charge in [-0.15, -0.1) is 0 Å². The molecule has 1 aromatic carbocycles. The zero-order chi connectivity index (χ0) is 20.1. The van der Waals surface area contributed by atoms with Crippen molar-refractivity contribution in [2.75, 3.05) is 0 Å². The molecule has 1 heteroatoms. The Bertz CT molecular complexity index is 732. The Hall–Kier alpha value is -1.24. The van der Waals surface area contributed by atoms with Crippen molar-refractivity contribution in [1.29, 1.82) is 0 Å². The number of hydrogen-bond donors (Lipinski definition) is 1. The molecule has 0 bridgehead atoms. The van der Waals surface area contributed by atoms with E-state index in [0.29, 0.717) is 23.0 Å². The number of hydrogen-bond acceptors (Lipinski definition) is 1. The highest BCUT2D eigenvalue weighted by Crippen LogP contribution is 2.64. The largest absolute Gasteiger partial charge is 0.508 e. The molecule has 1 nitrogen and oxygen atoms in total. The van der Waals surface area contributed by atoms with E-state index in [9.17, 15) is 5.11 Å². The molecule has 3 aliphatic rings. The molecule has 2 fully saturated rings. The predicted octanol–water partition coefficient (Wildman–Crippen LogP) is 7.35. The third-order valence-corrected chi connectivity index (χ3v) is 9.19. The van der Waals surface area contributed by atoms with E-state index in [2.05, 4.69) is 52.8 Å². The number of fused-ring (bicyclic) bond motifs is 5. The lowest BCUT2D eigenvalue weighted by atomic mass is 9.53. The Morgan fingerprint density at radius 2 is 1.82 bits per heavy atom. The van der Waals surface area contributed by atoms with Crippen molar-refractivity contribution in [1.82, 2.24) is 0 Å². The Kier molecular flexibility index (Phi) is 5.40. The molecule has 4 rings (SSSR count). The molecule has 0 aliphatic heterocycles. The summed E-state index contributed by atoms with van der Waals surface area (Å²) in [7, 11) is 0. The molecule has 2 saturated carbocycles. The van der Waals surface area contributed by atoms with E-state index in [1.807, 2.05) is 12.1 Å². The highest BCUT2D eigenvalue weighted by Gasteiger charge is 2.55. The van der Waals surface area contributed by atoms with Crippen molar-refractivity contribution in [3.8, 4) is 5.75 Å². The minimum Gasteiger partial charge on any atom is -0.508 e. The van der Waals surface area contributed by atoms with Crippen molar-refractivity contribution < 1.29 is 5.11 Å². The fourth-order valence-corrected chi connectivity index (χ4v) is 7.18. The molecule has 0 heterocycles. The van der Waals surface area contributed by atoms with E-state index >= 15 is 0 Å². The highest BCUT2D eigenvalue weighted by atomic mass is 16.3. The van der Waals surface area contributed by atoms with Gasteiger partial charge in [0.2, 0.25) is 0 Å². The van der Waals surface area contributed by atoms with Crippen molar-refractivity contribution in [3.63, 3.8) is 0 Å². The van der Waals surface area contributed by atoms with E-state index in [0.717, 1.165) is 36.0 Å². The van der Waals surface area contributed by atoms with Crippen molar-refractivity contribution >= 4 is 0 Å². The topological polar surface area (TPSA) is 20.2 Å². The van der Waals surface area contributed by atoms with Gasteiger partial charge < -0.3 is 5.11 Å². The standard InChI is InChI=1S/C27H40O/c1-17(2)18(3)6-7-19(4)25-12-13-26-24-10-8-20-16-21(28)9-11-22(20)23(24)14-15-27(25,26)5/h6-7,9,11,16-19,23-26,28H,8,10,12-15H2,1-5H3/b7-6+/t18-,19-,23-,24-,25-,26+,27-/m1/s1. The lowest BCUT2D eigenvalue weighted by Gasteiger charge is -2.51. The quantitative estimate of drug-likeness (QED) is 0.541. The van der Waals surface area contributed by atoms with Crippen LogP contribution in [-0.4, -0.2) is 5.11 Å². The van der Waals surface area contributed by atoms with Crippen LogP contribution in [0.3, 0.4) is 0 Å². The number of phenols is 1. The molecule has 0 amide bonds. The molecule has 0 unspecified atom stereocenters. The zero-order valence-electron chi connectivity index (χ0n) is 18.6. The summed E-state index contributed by atoms with van der Waals surface area (Å²) >= 11 is 0. The Morgan fingerprint density at radius 3 is 2.57 bits per heavy atom. The molecule has 1 aromatic rings. The van der Waals surface area contributed by atoms with Gasteiger partial charge in [0, 0.05) is 0 Å². The van der Waals surface area contributed by atoms with Gasteiger partial charge in [0.15, 0.2) is 0 Å². The summed E-state index contributed by atoms with van der Waals surface area (Å²) in [5, 5.41) is 9.89. The van der Waals surface area contributed by atoms with Crippen LogP contribution in [0.15, 0.2) is 30.4 Å². The van der Waals surface area contributed by atoms with Crippen LogP contribution in [0.1, 0.15) is 83.8 Å². The van der Waals surface area contributed by atoms with Gasteiger partial charge in [-0.25, -0.2) is 0 Å². The van der Waals surface area contributed by atoms with Crippen molar-refractivity contribution in [3.05, 3.63) is 41.5 Å². The van der Waals surface area contributed by atoms with Gasteiger partial charge in [-0.2, -0.15) is 0 Å². The van der Waals surface area contributed by atoms with Gasteiger partial charge in [-0.1, -0.05) is 52.8 Å². The first-order valence-corrected chi connectivity index (χ1v) is 11.8. The Labute approximate surface area is 172 Å². The highest BCUT2D eigenvalue weighted by molar-refractivity contribution is 5.40. The summed E-state index contributed by atoms with van der Waals surface area (Å²) < 4.78 is 0. The normalized spacial score (nSPS) is 36.8. The molecule has 7 atom stereocenters. The maximum atomic E-state index is 9.89. The summed E-state index contributed by atoms with van der Waals surface area (Å²) in [5.74, 6) is 5.85. The average molecular weight is 381 g/mol. The van der Waals surface area contributed by atoms with Crippen LogP contribution in [0.25, 0.3) is 0 Å². The van der Waals surface area contributed by atoms with E-state index < -0.39 is 0 Å². The average Bonchev–Trinajstić information content (AvgIpc) is 3.02. The molecule has 154 valence electrons. The number of aromatic hydroxyl groups is 1. The van der Waals surface area contributed by atoms with Gasteiger partial charge >= 0.3 is 0 Å². The molecule has 28 heavy (non-hydrogen) atoms. The van der Waals surface area contributed by atoms with Crippen LogP contribution in [-0.2, 0) is 6.42 Å². The van der Waals surface area contributed by atoms with Crippen LogP contribution in [0.5, 0.6) is 5.75 Å². The molecule has 1 N–H and O–H groups in total. The lowest BCUT2D eigenvalue weighted by molar-refractivity contribution is 0.0178. The van der Waals surface area contributed by atoms with Gasteiger partial charge in [0.1, 0.15) is 5.75 Å². The van der Waals surface area contributed by atoms with E-state index in [1.54, 1.807) is 5.56 Å². The minimum atomic E-state index is 0.440. The number of rotatable bonds is 4. The molecular weight excluding hydrogens is 340 g/mol. The van der Waals surface area contributed by atoms with Crippen LogP contribution in [0, 0.1) is 40.9 Å². The van der Waals surface area contributed by atoms with Crippen LogP contribution in [0.2, 0.25) is 0 Å². The first-order valence-electron chi connectivity index (χ1n) is 11.8. The third kappa shape index (κ3) is 3.33. The number of aryl methyl sites for hydroxylation is 1. The fourth-order valence-electron chi connectivity index (χ4n) is 7.18. The number of phenolic OH excluding ortho intramolecular Hbond substituents is 1. The summed E-state index contributed by atoms with van der Waals surface area (Å²) in [6.45, 7) is 12.1. The van der Waals surface area contributed by atoms with Crippen molar-refractivity contribution in [2.24, 2.45) is 40.9 Å². The zero-order valence-corrected chi connectivity index (χ0v) is 18.6. The summed E-state index contributed by atoms with van der Waals surface area (Å²) in [6, 6.07) is 6.17. The minimum absolute atomic E-state index is 0.440. The van der Waals surface area contributed by atoms with Gasteiger partial charge in [-0.3, -0.25) is 0 Å².